The number of alkyl halides is 3. The molecule has 1 aliphatic rings. The molecule has 188 valence electrons. The molecule has 0 atom stereocenters. The van der Waals surface area contributed by atoms with Gasteiger partial charge in [-0.05, 0) is 35.9 Å². The molecule has 1 fully saturated rings. The van der Waals surface area contributed by atoms with E-state index < -0.39 is 23.6 Å². The summed E-state index contributed by atoms with van der Waals surface area (Å²) in [5.74, 6) is -0.692. The molecule has 0 saturated carbocycles. The Balaban J connectivity index is 1.39. The SMILES string of the molecule is NCc1cccc(Cl)c1NC(=O)c1ccc(N2CCN(C(=O)c3ccccc3C(F)(F)F)CC2)nn1. The van der Waals surface area contributed by atoms with Gasteiger partial charge in [-0.2, -0.15) is 13.2 Å². The van der Waals surface area contributed by atoms with Crippen molar-refractivity contribution in [3.63, 3.8) is 0 Å². The molecule has 3 N–H and O–H groups in total. The van der Waals surface area contributed by atoms with Crippen molar-refractivity contribution in [3.8, 4) is 0 Å². The van der Waals surface area contributed by atoms with Crippen LogP contribution < -0.4 is 16.0 Å². The maximum atomic E-state index is 13.3. The van der Waals surface area contributed by atoms with E-state index in [4.69, 9.17) is 17.3 Å². The van der Waals surface area contributed by atoms with Crippen LogP contribution in [0.4, 0.5) is 24.7 Å². The van der Waals surface area contributed by atoms with Crippen molar-refractivity contribution < 1.29 is 22.8 Å². The summed E-state index contributed by atoms with van der Waals surface area (Å²) in [6.07, 6.45) is -4.62. The predicted molar refractivity (Wildman–Crippen MR) is 129 cm³/mol. The fraction of sp³-hybridized carbons (Fsp3) is 0.250. The van der Waals surface area contributed by atoms with E-state index in [1.54, 1.807) is 24.3 Å². The number of para-hydroxylation sites is 1. The molecular formula is C24H22ClF3N6O2. The van der Waals surface area contributed by atoms with E-state index in [1.807, 2.05) is 4.90 Å². The number of aromatic nitrogens is 2. The average Bonchev–Trinajstić information content (AvgIpc) is 2.89. The van der Waals surface area contributed by atoms with Crippen molar-refractivity contribution in [2.24, 2.45) is 5.73 Å². The Hall–Kier alpha value is -3.70. The summed E-state index contributed by atoms with van der Waals surface area (Å²) in [6, 6.07) is 13.0. The van der Waals surface area contributed by atoms with Gasteiger partial charge < -0.3 is 20.9 Å². The largest absolute Gasteiger partial charge is 0.417 e. The van der Waals surface area contributed by atoms with Gasteiger partial charge >= 0.3 is 6.18 Å². The first kappa shape index (κ1) is 25.4. The molecule has 2 aromatic carbocycles. The third-order valence-electron chi connectivity index (χ3n) is 5.80. The highest BCUT2D eigenvalue weighted by atomic mass is 35.5. The van der Waals surface area contributed by atoms with Crippen LogP contribution >= 0.6 is 11.6 Å². The van der Waals surface area contributed by atoms with Gasteiger partial charge in [0.15, 0.2) is 11.5 Å². The Bertz CT molecular complexity index is 1260. The molecule has 36 heavy (non-hydrogen) atoms. The van der Waals surface area contributed by atoms with E-state index in [0.717, 1.165) is 6.07 Å². The topological polar surface area (TPSA) is 104 Å². The molecule has 1 aromatic heterocycles. The lowest BCUT2D eigenvalue weighted by Crippen LogP contribution is -2.49. The standard InChI is InChI=1S/C24H22ClF3N6O2/c25-18-7-3-4-15(14-29)21(18)30-22(35)19-8-9-20(32-31-19)33-10-12-34(13-11-33)23(36)16-5-1-2-6-17(16)24(26,27)28/h1-9H,10-14,29H2,(H,30,35). The number of nitrogens with two attached hydrogens (primary N) is 1. The van der Waals surface area contributed by atoms with Gasteiger partial charge in [-0.1, -0.05) is 35.9 Å². The Morgan fingerprint density at radius 3 is 2.33 bits per heavy atom. The van der Waals surface area contributed by atoms with E-state index >= 15 is 0 Å². The molecule has 12 heteroatoms. The molecule has 4 rings (SSSR count). The van der Waals surface area contributed by atoms with Crippen LogP contribution in [-0.2, 0) is 12.7 Å². The van der Waals surface area contributed by atoms with Crippen molar-refractivity contribution in [1.29, 1.82) is 0 Å². The van der Waals surface area contributed by atoms with Crippen LogP contribution in [0.15, 0.2) is 54.6 Å². The molecule has 8 nitrogen and oxygen atoms in total. The zero-order valence-corrected chi connectivity index (χ0v) is 19.7. The second kappa shape index (κ2) is 10.5. The quantitative estimate of drug-likeness (QED) is 0.532. The highest BCUT2D eigenvalue weighted by Crippen LogP contribution is 2.32. The molecule has 2 heterocycles. The van der Waals surface area contributed by atoms with Gasteiger partial charge in [0.25, 0.3) is 11.8 Å². The van der Waals surface area contributed by atoms with Gasteiger partial charge in [-0.3, -0.25) is 9.59 Å². The molecule has 0 spiro atoms. The number of anilines is 2. The lowest BCUT2D eigenvalue weighted by atomic mass is 10.1. The molecule has 0 bridgehead atoms. The second-order valence-electron chi connectivity index (χ2n) is 8.03. The zero-order chi connectivity index (χ0) is 25.9. The molecule has 1 aliphatic heterocycles. The van der Waals surface area contributed by atoms with E-state index in [1.165, 1.54) is 29.2 Å². The fourth-order valence-corrected chi connectivity index (χ4v) is 4.14. The van der Waals surface area contributed by atoms with Crippen LogP contribution in [0.2, 0.25) is 5.02 Å². The number of nitrogens with zero attached hydrogens (tertiary/aromatic N) is 4. The van der Waals surface area contributed by atoms with E-state index in [9.17, 15) is 22.8 Å². The molecule has 1 saturated heterocycles. The molecule has 0 radical (unpaired) electrons. The van der Waals surface area contributed by atoms with Crippen LogP contribution in [-0.4, -0.2) is 53.1 Å². The normalized spacial score (nSPS) is 14.0. The minimum absolute atomic E-state index is 0.0687. The molecule has 3 aromatic rings. The van der Waals surface area contributed by atoms with E-state index in [0.29, 0.717) is 35.2 Å². The van der Waals surface area contributed by atoms with Crippen LogP contribution in [0.5, 0.6) is 0 Å². The maximum absolute atomic E-state index is 13.3. The lowest BCUT2D eigenvalue weighted by Gasteiger charge is -2.35. The number of carbonyl (C=O) groups is 2. The number of rotatable bonds is 5. The van der Waals surface area contributed by atoms with Gasteiger partial charge in [0, 0.05) is 32.7 Å². The third-order valence-corrected chi connectivity index (χ3v) is 6.11. The Labute approximate surface area is 209 Å². The number of benzene rings is 2. The van der Waals surface area contributed by atoms with Gasteiger partial charge in [-0.15, -0.1) is 10.2 Å². The third kappa shape index (κ3) is 5.42. The Morgan fingerprint density at radius 2 is 1.69 bits per heavy atom. The molecule has 0 unspecified atom stereocenters. The van der Waals surface area contributed by atoms with Crippen LogP contribution in [0, 0.1) is 0 Å². The van der Waals surface area contributed by atoms with Crippen LogP contribution in [0.1, 0.15) is 32.0 Å². The summed E-state index contributed by atoms with van der Waals surface area (Å²) in [5.41, 5.74) is 5.53. The summed E-state index contributed by atoms with van der Waals surface area (Å²) in [6.45, 7) is 1.31. The number of hydrogen-bond donors (Lipinski definition) is 2. The van der Waals surface area contributed by atoms with Crippen LogP contribution in [0.25, 0.3) is 0 Å². The van der Waals surface area contributed by atoms with E-state index in [-0.39, 0.29) is 30.9 Å². The summed E-state index contributed by atoms with van der Waals surface area (Å²) >= 11 is 6.17. The minimum atomic E-state index is -4.62. The molecular weight excluding hydrogens is 497 g/mol. The van der Waals surface area contributed by atoms with Crippen molar-refractivity contribution in [2.75, 3.05) is 36.4 Å². The molecule has 0 aliphatic carbocycles. The van der Waals surface area contributed by atoms with Crippen molar-refractivity contribution in [3.05, 3.63) is 82.0 Å². The van der Waals surface area contributed by atoms with Crippen LogP contribution in [0.3, 0.4) is 0 Å². The predicted octanol–water partition coefficient (Wildman–Crippen LogP) is 3.82. The van der Waals surface area contributed by atoms with Gasteiger partial charge in [0.1, 0.15) is 0 Å². The van der Waals surface area contributed by atoms with Crippen molar-refractivity contribution in [2.45, 2.75) is 12.7 Å². The number of amides is 2. The van der Waals surface area contributed by atoms with Crippen molar-refractivity contribution in [1.82, 2.24) is 15.1 Å². The molecule has 2 amide bonds. The van der Waals surface area contributed by atoms with E-state index in [2.05, 4.69) is 15.5 Å². The summed E-state index contributed by atoms with van der Waals surface area (Å²) < 4.78 is 39.9. The second-order valence-corrected chi connectivity index (χ2v) is 8.44. The minimum Gasteiger partial charge on any atom is -0.352 e. The zero-order valence-electron chi connectivity index (χ0n) is 18.9. The van der Waals surface area contributed by atoms with Gasteiger partial charge in [0.2, 0.25) is 0 Å². The van der Waals surface area contributed by atoms with Crippen molar-refractivity contribution >= 4 is 34.9 Å². The maximum Gasteiger partial charge on any atom is 0.417 e. The van der Waals surface area contributed by atoms with Gasteiger partial charge in [-0.25, -0.2) is 0 Å². The number of nitrogens with one attached hydrogen (secondary N) is 1. The smallest absolute Gasteiger partial charge is 0.352 e. The highest BCUT2D eigenvalue weighted by molar-refractivity contribution is 6.34. The number of piperazine rings is 1. The van der Waals surface area contributed by atoms with Gasteiger partial charge in [0.05, 0.1) is 21.8 Å². The number of carbonyl (C=O) groups excluding carboxylic acids is 2. The lowest BCUT2D eigenvalue weighted by molar-refractivity contribution is -0.138. The average molecular weight is 519 g/mol. The fourth-order valence-electron chi connectivity index (χ4n) is 3.90. The monoisotopic (exact) mass is 518 g/mol. The first-order valence-electron chi connectivity index (χ1n) is 11.0. The number of halogens is 4. The Kier molecular flexibility index (Phi) is 7.41. The number of hydrogen-bond acceptors (Lipinski definition) is 6. The Morgan fingerprint density at radius 1 is 0.972 bits per heavy atom. The summed E-state index contributed by atoms with van der Waals surface area (Å²) in [7, 11) is 0. The first-order valence-corrected chi connectivity index (χ1v) is 11.4. The summed E-state index contributed by atoms with van der Waals surface area (Å²) in [4.78, 5) is 28.6. The highest BCUT2D eigenvalue weighted by Gasteiger charge is 2.36. The summed E-state index contributed by atoms with van der Waals surface area (Å²) in [5, 5.41) is 11.2. The first-order chi connectivity index (χ1) is 17.2.